The Hall–Kier alpha value is -1.76. The lowest BCUT2D eigenvalue weighted by Crippen LogP contribution is -2.21. The van der Waals surface area contributed by atoms with Crippen molar-refractivity contribution in [2.45, 2.75) is 18.6 Å². The maximum Gasteiger partial charge on any atom is 0.416 e. The van der Waals surface area contributed by atoms with Crippen molar-refractivity contribution in [3.05, 3.63) is 29.3 Å². The van der Waals surface area contributed by atoms with Gasteiger partial charge in [-0.2, -0.15) is 13.2 Å². The zero-order valence-electron chi connectivity index (χ0n) is 9.83. The summed E-state index contributed by atoms with van der Waals surface area (Å²) in [4.78, 5) is 11.0. The van der Waals surface area contributed by atoms with Crippen LogP contribution in [0.2, 0.25) is 0 Å². The van der Waals surface area contributed by atoms with Crippen LogP contribution in [0.1, 0.15) is 22.3 Å². The molecule has 1 saturated heterocycles. The van der Waals surface area contributed by atoms with Crippen molar-refractivity contribution >= 4 is 11.7 Å². The van der Waals surface area contributed by atoms with Crippen molar-refractivity contribution in [2.75, 3.05) is 18.5 Å². The fraction of sp³-hybridized carbons (Fsp3) is 0.417. The maximum atomic E-state index is 12.5. The summed E-state index contributed by atoms with van der Waals surface area (Å²) in [5.74, 6) is -1.40. The lowest BCUT2D eigenvalue weighted by atomic mass is 10.1. The third kappa shape index (κ3) is 3.17. The summed E-state index contributed by atoms with van der Waals surface area (Å²) in [6.45, 7) is 0.973. The number of nitrogens with one attached hydrogen (secondary N) is 1. The van der Waals surface area contributed by atoms with Gasteiger partial charge in [0.1, 0.15) is 0 Å². The molecule has 1 aromatic carbocycles. The largest absolute Gasteiger partial charge is 0.478 e. The summed E-state index contributed by atoms with van der Waals surface area (Å²) in [6, 6.07) is 2.57. The number of carboxylic acid groups (broad SMARTS) is 1. The van der Waals surface area contributed by atoms with Crippen LogP contribution >= 0.6 is 0 Å². The first-order valence-corrected chi connectivity index (χ1v) is 5.67. The first kappa shape index (κ1) is 13.7. The molecule has 0 radical (unpaired) electrons. The quantitative estimate of drug-likeness (QED) is 0.890. The minimum atomic E-state index is -4.56. The number of carboxylic acids is 1. The molecular weight excluding hydrogens is 263 g/mol. The van der Waals surface area contributed by atoms with E-state index in [1.54, 1.807) is 0 Å². The molecule has 0 saturated carbocycles. The molecule has 1 fully saturated rings. The van der Waals surface area contributed by atoms with Crippen LogP contribution in [0.15, 0.2) is 18.2 Å². The number of aromatic carboxylic acids is 1. The first-order valence-electron chi connectivity index (χ1n) is 5.67. The minimum Gasteiger partial charge on any atom is -0.478 e. The average molecular weight is 275 g/mol. The Labute approximate surface area is 107 Å². The molecule has 1 atom stereocenters. The number of ether oxygens (including phenoxy) is 1. The van der Waals surface area contributed by atoms with E-state index in [0.29, 0.717) is 25.7 Å². The monoisotopic (exact) mass is 275 g/mol. The van der Waals surface area contributed by atoms with E-state index in [1.165, 1.54) is 0 Å². The molecule has 19 heavy (non-hydrogen) atoms. The molecule has 2 rings (SSSR count). The molecule has 1 heterocycles. The molecular formula is C12H12F3NO3. The molecule has 1 aromatic rings. The Kier molecular flexibility index (Phi) is 3.66. The van der Waals surface area contributed by atoms with Crippen molar-refractivity contribution in [1.29, 1.82) is 0 Å². The number of halogens is 3. The van der Waals surface area contributed by atoms with Crippen LogP contribution in [0.25, 0.3) is 0 Å². The summed E-state index contributed by atoms with van der Waals surface area (Å²) >= 11 is 0. The Morgan fingerprint density at radius 1 is 1.42 bits per heavy atom. The van der Waals surface area contributed by atoms with Crippen LogP contribution in [0, 0.1) is 0 Å². The molecule has 0 aliphatic carbocycles. The molecule has 7 heteroatoms. The van der Waals surface area contributed by atoms with Gasteiger partial charge in [-0.3, -0.25) is 0 Å². The second kappa shape index (κ2) is 5.08. The van der Waals surface area contributed by atoms with E-state index in [1.807, 2.05) is 0 Å². The minimum absolute atomic E-state index is 0.0742. The van der Waals surface area contributed by atoms with E-state index in [4.69, 9.17) is 9.84 Å². The van der Waals surface area contributed by atoms with E-state index in [9.17, 15) is 18.0 Å². The van der Waals surface area contributed by atoms with Crippen LogP contribution in [0.4, 0.5) is 18.9 Å². The molecule has 2 N–H and O–H groups in total. The van der Waals surface area contributed by atoms with Crippen LogP contribution in [0.3, 0.4) is 0 Å². The lowest BCUT2D eigenvalue weighted by Gasteiger charge is -2.16. The SMILES string of the molecule is O=C(O)c1cc(C(F)(F)F)ccc1N[C@H]1CCOC1. The Balaban J connectivity index is 2.29. The maximum absolute atomic E-state index is 12.5. The summed E-state index contributed by atoms with van der Waals surface area (Å²) in [5, 5.41) is 11.9. The van der Waals surface area contributed by atoms with Gasteiger partial charge in [0.2, 0.25) is 0 Å². The molecule has 1 aliphatic rings. The topological polar surface area (TPSA) is 58.6 Å². The third-order valence-corrected chi connectivity index (χ3v) is 2.87. The zero-order valence-corrected chi connectivity index (χ0v) is 9.83. The molecule has 0 spiro atoms. The van der Waals surface area contributed by atoms with Crippen LogP contribution in [-0.4, -0.2) is 30.3 Å². The number of anilines is 1. The number of carbonyl (C=O) groups is 1. The Bertz CT molecular complexity index is 482. The first-order chi connectivity index (χ1) is 8.88. The highest BCUT2D eigenvalue weighted by atomic mass is 19.4. The number of hydrogen-bond acceptors (Lipinski definition) is 3. The van der Waals surface area contributed by atoms with E-state index in [0.717, 1.165) is 12.1 Å². The molecule has 0 unspecified atom stereocenters. The van der Waals surface area contributed by atoms with Crippen molar-refractivity contribution in [1.82, 2.24) is 0 Å². The number of rotatable bonds is 3. The highest BCUT2D eigenvalue weighted by Crippen LogP contribution is 2.32. The van der Waals surface area contributed by atoms with Gasteiger partial charge in [-0.25, -0.2) is 4.79 Å². The number of benzene rings is 1. The van der Waals surface area contributed by atoms with Crippen molar-refractivity contribution in [2.24, 2.45) is 0 Å². The van der Waals surface area contributed by atoms with Gasteiger partial charge < -0.3 is 15.2 Å². The number of alkyl halides is 3. The van der Waals surface area contributed by atoms with E-state index in [-0.39, 0.29) is 17.3 Å². The van der Waals surface area contributed by atoms with Crippen molar-refractivity contribution in [3.63, 3.8) is 0 Å². The third-order valence-electron chi connectivity index (χ3n) is 2.87. The Morgan fingerprint density at radius 3 is 2.68 bits per heavy atom. The summed E-state index contributed by atoms with van der Waals surface area (Å²) in [7, 11) is 0. The highest BCUT2D eigenvalue weighted by molar-refractivity contribution is 5.94. The fourth-order valence-corrected chi connectivity index (χ4v) is 1.89. The summed E-state index contributed by atoms with van der Waals surface area (Å²) in [5.41, 5.74) is -1.18. The molecule has 104 valence electrons. The second-order valence-corrected chi connectivity index (χ2v) is 4.27. The Morgan fingerprint density at radius 2 is 2.16 bits per heavy atom. The summed E-state index contributed by atoms with van der Waals surface area (Å²) in [6.07, 6.45) is -3.86. The van der Waals surface area contributed by atoms with Gasteiger partial charge in [0, 0.05) is 12.3 Å². The van der Waals surface area contributed by atoms with Gasteiger partial charge in [0.15, 0.2) is 0 Å². The van der Waals surface area contributed by atoms with Gasteiger partial charge in [0.05, 0.1) is 23.8 Å². The summed E-state index contributed by atoms with van der Waals surface area (Å²) < 4.78 is 42.7. The molecule has 0 aromatic heterocycles. The molecule has 1 aliphatic heterocycles. The second-order valence-electron chi connectivity index (χ2n) is 4.27. The lowest BCUT2D eigenvalue weighted by molar-refractivity contribution is -0.137. The number of hydrogen-bond donors (Lipinski definition) is 2. The van der Waals surface area contributed by atoms with Gasteiger partial charge in [-0.15, -0.1) is 0 Å². The van der Waals surface area contributed by atoms with Gasteiger partial charge in [-0.05, 0) is 24.6 Å². The van der Waals surface area contributed by atoms with E-state index < -0.39 is 17.7 Å². The normalized spacial score (nSPS) is 19.4. The van der Waals surface area contributed by atoms with Crippen LogP contribution < -0.4 is 5.32 Å². The average Bonchev–Trinajstić information content (AvgIpc) is 2.80. The standard InChI is InChI=1S/C12H12F3NO3/c13-12(14,15)7-1-2-10(9(5-7)11(17)18)16-8-3-4-19-6-8/h1-2,5,8,16H,3-4,6H2,(H,17,18)/t8-/m0/s1. The molecule has 0 amide bonds. The molecule has 0 bridgehead atoms. The van der Waals surface area contributed by atoms with Crippen molar-refractivity contribution < 1.29 is 27.8 Å². The van der Waals surface area contributed by atoms with Gasteiger partial charge in [-0.1, -0.05) is 0 Å². The highest BCUT2D eigenvalue weighted by Gasteiger charge is 2.32. The predicted octanol–water partition coefficient (Wildman–Crippen LogP) is 2.60. The van der Waals surface area contributed by atoms with Crippen LogP contribution in [-0.2, 0) is 10.9 Å². The van der Waals surface area contributed by atoms with Crippen molar-refractivity contribution in [3.8, 4) is 0 Å². The fourth-order valence-electron chi connectivity index (χ4n) is 1.89. The van der Waals surface area contributed by atoms with Crippen LogP contribution in [0.5, 0.6) is 0 Å². The smallest absolute Gasteiger partial charge is 0.416 e. The van der Waals surface area contributed by atoms with Gasteiger partial charge >= 0.3 is 12.1 Å². The van der Waals surface area contributed by atoms with E-state index in [2.05, 4.69) is 5.32 Å². The zero-order chi connectivity index (χ0) is 14.0. The van der Waals surface area contributed by atoms with E-state index >= 15 is 0 Å². The molecule has 4 nitrogen and oxygen atoms in total. The van der Waals surface area contributed by atoms with Gasteiger partial charge in [0.25, 0.3) is 0 Å². The predicted molar refractivity (Wildman–Crippen MR) is 61.3 cm³/mol.